The molecule has 15 nitrogen and oxygen atoms in total. The number of rotatable bonds is 9. The number of nitrogens with two attached hydrogens (primary N) is 1. The summed E-state index contributed by atoms with van der Waals surface area (Å²) in [6.45, 7) is 4.65. The molecule has 1 aromatic heterocycles. The first-order chi connectivity index (χ1) is 18.5. The summed E-state index contributed by atoms with van der Waals surface area (Å²) in [5.41, 5.74) is 5.33. The van der Waals surface area contributed by atoms with Gasteiger partial charge in [-0.25, -0.2) is 9.48 Å². The minimum Gasteiger partial charge on any atom is -0.477 e. The molecule has 4 aliphatic heterocycles. The zero-order valence-corrected chi connectivity index (χ0v) is 22.5. The lowest BCUT2D eigenvalue weighted by molar-refractivity contribution is -0.158. The van der Waals surface area contributed by atoms with Gasteiger partial charge in [-0.15, -0.1) is 16.9 Å². The van der Waals surface area contributed by atoms with E-state index in [-0.39, 0.29) is 53.8 Å². The van der Waals surface area contributed by atoms with Gasteiger partial charge in [0.25, 0.3) is 0 Å². The maximum atomic E-state index is 13.1. The third-order valence-corrected chi connectivity index (χ3v) is 9.62. The van der Waals surface area contributed by atoms with Crippen molar-refractivity contribution in [1.29, 1.82) is 0 Å². The first-order valence-corrected chi connectivity index (χ1v) is 13.8. The molecule has 6 N–H and O–H groups in total. The minimum atomic E-state index is -1.17. The molecule has 0 aromatic carbocycles. The molecule has 6 unspecified atom stereocenters. The van der Waals surface area contributed by atoms with Crippen LogP contribution < -0.4 is 16.4 Å². The predicted molar refractivity (Wildman–Crippen MR) is 136 cm³/mol. The molecule has 4 aliphatic rings. The number of amides is 3. The number of hydrogen-bond donors (Lipinski definition) is 5. The number of nitrogens with zero attached hydrogens (tertiary/aromatic N) is 6. The van der Waals surface area contributed by atoms with Gasteiger partial charge in [-0.2, -0.15) is 0 Å². The average Bonchev–Trinajstić information content (AvgIpc) is 3.67. The van der Waals surface area contributed by atoms with Crippen molar-refractivity contribution in [3.8, 4) is 0 Å². The Morgan fingerprint density at radius 1 is 1.38 bits per heavy atom. The van der Waals surface area contributed by atoms with Crippen molar-refractivity contribution in [3.05, 3.63) is 16.9 Å². The largest absolute Gasteiger partial charge is 0.477 e. The molecule has 3 saturated heterocycles. The Morgan fingerprint density at radius 2 is 2.15 bits per heavy atom. The fourth-order valence-corrected chi connectivity index (χ4v) is 7.56. The lowest BCUT2D eigenvalue weighted by atomic mass is 9.78. The molecule has 7 atom stereocenters. The van der Waals surface area contributed by atoms with E-state index in [2.05, 4.69) is 26.2 Å². The number of likely N-dealkylation sites (tertiary alicyclic amines) is 1. The summed E-state index contributed by atoms with van der Waals surface area (Å²) >= 11 is 1.40. The van der Waals surface area contributed by atoms with Crippen LogP contribution in [0.4, 0.5) is 0 Å². The van der Waals surface area contributed by atoms with Gasteiger partial charge in [-0.05, 0) is 30.2 Å². The van der Waals surface area contributed by atoms with E-state index in [0.717, 1.165) is 0 Å². The number of tetrazole rings is 1. The van der Waals surface area contributed by atoms with Gasteiger partial charge in [-0.3, -0.25) is 14.4 Å². The summed E-state index contributed by atoms with van der Waals surface area (Å²) in [5.74, 6) is -2.76. The van der Waals surface area contributed by atoms with Crippen LogP contribution in [0.3, 0.4) is 0 Å². The lowest BCUT2D eigenvalue weighted by Gasteiger charge is -2.47. The Labute approximate surface area is 228 Å². The summed E-state index contributed by atoms with van der Waals surface area (Å²) < 4.78 is 1.27. The fourth-order valence-electron chi connectivity index (χ4n) is 6.08. The van der Waals surface area contributed by atoms with Crippen LogP contribution in [0, 0.1) is 11.8 Å². The molecule has 5 rings (SSSR count). The molecule has 1 aromatic rings. The van der Waals surface area contributed by atoms with E-state index in [1.165, 1.54) is 27.7 Å². The zero-order valence-electron chi connectivity index (χ0n) is 21.7. The highest BCUT2D eigenvalue weighted by molar-refractivity contribution is 8.03. The molecule has 3 fully saturated rings. The number of carbonyl (C=O) groups excluding carboxylic acids is 3. The summed E-state index contributed by atoms with van der Waals surface area (Å²) in [7, 11) is 0. The van der Waals surface area contributed by atoms with Crippen molar-refractivity contribution in [2.75, 3.05) is 26.2 Å². The van der Waals surface area contributed by atoms with Crippen molar-refractivity contribution in [2.24, 2.45) is 17.6 Å². The van der Waals surface area contributed by atoms with Crippen molar-refractivity contribution in [2.45, 2.75) is 62.1 Å². The second kappa shape index (κ2) is 10.5. The number of carboxylic acid groups (broad SMARTS) is 1. The van der Waals surface area contributed by atoms with E-state index >= 15 is 0 Å². The van der Waals surface area contributed by atoms with Crippen LogP contribution in [-0.4, -0.2) is 119 Å². The number of aromatic nitrogens is 4. The Hall–Kier alpha value is -3.08. The summed E-state index contributed by atoms with van der Waals surface area (Å²) in [6.07, 6.45) is 2.36. The van der Waals surface area contributed by atoms with Gasteiger partial charge < -0.3 is 36.4 Å². The number of nitrogens with one attached hydrogen (secondary N) is 2. The van der Waals surface area contributed by atoms with Crippen molar-refractivity contribution in [3.63, 3.8) is 0 Å². The zero-order chi connectivity index (χ0) is 28.1. The fraction of sp³-hybridized carbons (Fsp3) is 0.696. The molecule has 39 heavy (non-hydrogen) atoms. The Kier molecular flexibility index (Phi) is 7.39. The van der Waals surface area contributed by atoms with Gasteiger partial charge in [0.05, 0.1) is 30.1 Å². The number of hydrogen-bond acceptors (Lipinski definition) is 11. The molecule has 16 heteroatoms. The molecule has 0 spiro atoms. The highest BCUT2D eigenvalue weighted by Gasteiger charge is 2.60. The molecule has 0 aliphatic carbocycles. The number of aliphatic hydroxyl groups excluding tert-OH is 1. The highest BCUT2D eigenvalue weighted by atomic mass is 32.2. The maximum absolute atomic E-state index is 13.1. The smallest absolute Gasteiger partial charge is 0.353 e. The van der Waals surface area contributed by atoms with Crippen molar-refractivity contribution < 1.29 is 29.4 Å². The molecule has 0 radical (unpaired) electrons. The minimum absolute atomic E-state index is 0.0175. The van der Waals surface area contributed by atoms with Crippen LogP contribution >= 0.6 is 11.8 Å². The summed E-state index contributed by atoms with van der Waals surface area (Å²) in [4.78, 5) is 54.5. The highest BCUT2D eigenvalue weighted by Crippen LogP contribution is 2.51. The predicted octanol–water partition coefficient (Wildman–Crippen LogP) is -2.66. The average molecular weight is 564 g/mol. The third kappa shape index (κ3) is 5.01. The number of aliphatic carboxylic acids is 1. The van der Waals surface area contributed by atoms with Gasteiger partial charge in [0.2, 0.25) is 17.7 Å². The topological polar surface area (TPSA) is 209 Å². The van der Waals surface area contributed by atoms with Crippen LogP contribution in [0.5, 0.6) is 0 Å². The maximum Gasteiger partial charge on any atom is 0.353 e. The van der Waals surface area contributed by atoms with E-state index in [4.69, 9.17) is 5.73 Å². The number of carboxylic acids is 1. The van der Waals surface area contributed by atoms with Gasteiger partial charge in [-0.1, -0.05) is 6.92 Å². The van der Waals surface area contributed by atoms with Crippen molar-refractivity contribution >= 4 is 35.5 Å². The molecule has 212 valence electrons. The van der Waals surface area contributed by atoms with E-state index in [1.807, 2.05) is 6.92 Å². The number of aliphatic hydroxyl groups is 1. The van der Waals surface area contributed by atoms with Crippen LogP contribution in [0.15, 0.2) is 16.9 Å². The molecular weight excluding hydrogens is 530 g/mol. The van der Waals surface area contributed by atoms with E-state index in [1.54, 1.807) is 11.8 Å². The number of thioether (sulfide) groups is 1. The number of β-lactam (4-membered cyclic amide) rings is 1. The van der Waals surface area contributed by atoms with Gasteiger partial charge in [0.1, 0.15) is 18.6 Å². The Balaban J connectivity index is 1.22. The second-order valence-electron chi connectivity index (χ2n) is 10.9. The monoisotopic (exact) mass is 563 g/mol. The summed E-state index contributed by atoms with van der Waals surface area (Å²) in [6, 6.07) is -1.33. The van der Waals surface area contributed by atoms with Gasteiger partial charge in [0, 0.05) is 41.7 Å². The molecule has 0 bridgehead atoms. The number of fused-ring (bicyclic) bond motifs is 1. The second-order valence-corrected chi connectivity index (χ2v) is 12.2. The molecular formula is C23H33N9O6S. The quantitative estimate of drug-likeness (QED) is 0.195. The van der Waals surface area contributed by atoms with Crippen LogP contribution in [0.1, 0.15) is 26.7 Å². The Morgan fingerprint density at radius 3 is 2.79 bits per heavy atom. The number of carbonyl (C=O) groups is 4. The summed E-state index contributed by atoms with van der Waals surface area (Å²) in [5, 5.41) is 36.2. The molecule has 0 saturated carbocycles. The molecule has 5 heterocycles. The van der Waals surface area contributed by atoms with Crippen molar-refractivity contribution in [1.82, 2.24) is 40.6 Å². The van der Waals surface area contributed by atoms with Crippen LogP contribution in [0.25, 0.3) is 0 Å². The standard InChI is InChI=1S/C23H33N9O6S/c1-11-17-16(12(2)27-15(34)7-31-10-26-28-29-31)21(36)32(17)18(22(37)38)19(11)39-13-5-14(25-6-13)20(35)30-4-3-23(24,8-30)9-33/h10-14,16-17,25,33H,3-9,24H2,1-2H3,(H,27,34)(H,37,38)/t11?,12?,13?,14?,16?,17-,23?/m1/s1. The lowest BCUT2D eigenvalue weighted by Crippen LogP contribution is -2.66. The van der Waals surface area contributed by atoms with E-state index < -0.39 is 29.5 Å². The van der Waals surface area contributed by atoms with E-state index in [0.29, 0.717) is 37.4 Å². The normalized spacial score (nSPS) is 32.8. The molecule has 3 amide bonds. The SMILES string of the molecule is CC(NC(=O)Cn1cnnn1)C1C(=O)N2C(C(=O)O)=C(SC3CNC(C(=O)N4CCC(N)(CO)C4)C3)C(C)[C@H]12. The van der Waals surface area contributed by atoms with Crippen LogP contribution in [0.2, 0.25) is 0 Å². The Bertz CT molecular complexity index is 1190. The third-order valence-electron chi connectivity index (χ3n) is 8.11. The van der Waals surface area contributed by atoms with E-state index in [9.17, 15) is 29.4 Å². The first-order valence-electron chi connectivity index (χ1n) is 12.9. The first kappa shape index (κ1) is 27.5. The van der Waals surface area contributed by atoms with Gasteiger partial charge in [0.15, 0.2) is 0 Å². The van der Waals surface area contributed by atoms with Crippen LogP contribution in [-0.2, 0) is 25.7 Å². The van der Waals surface area contributed by atoms with Gasteiger partial charge >= 0.3 is 5.97 Å².